The van der Waals surface area contributed by atoms with E-state index in [1.54, 1.807) is 0 Å². The quantitative estimate of drug-likeness (QED) is 0.865. The lowest BCUT2D eigenvalue weighted by Gasteiger charge is -2.21. The molecule has 19 heavy (non-hydrogen) atoms. The lowest BCUT2D eigenvalue weighted by molar-refractivity contribution is 0.422. The third-order valence-corrected chi connectivity index (χ3v) is 4.65. The average molecular weight is 279 g/mol. The molecule has 0 atom stereocenters. The summed E-state index contributed by atoms with van der Waals surface area (Å²) >= 11 is 1.82. The molecule has 0 radical (unpaired) electrons. The van der Waals surface area contributed by atoms with Crippen LogP contribution in [0.15, 0.2) is 5.38 Å². The van der Waals surface area contributed by atoms with Gasteiger partial charge in [0, 0.05) is 30.1 Å². The van der Waals surface area contributed by atoms with Gasteiger partial charge in [0.1, 0.15) is 0 Å². The molecular formula is C15H25N3S. The summed E-state index contributed by atoms with van der Waals surface area (Å²) in [5.41, 5.74) is 1.35. The topological polar surface area (TPSA) is 28.2 Å². The second-order valence-electron chi connectivity index (χ2n) is 7.05. The van der Waals surface area contributed by atoms with E-state index in [1.165, 1.54) is 43.1 Å². The third kappa shape index (κ3) is 3.93. The van der Waals surface area contributed by atoms with Crippen molar-refractivity contribution in [1.29, 1.82) is 0 Å². The van der Waals surface area contributed by atoms with Crippen LogP contribution in [0.1, 0.15) is 52.1 Å². The first kappa shape index (κ1) is 13.4. The van der Waals surface area contributed by atoms with Crippen LogP contribution < -0.4 is 10.2 Å². The summed E-state index contributed by atoms with van der Waals surface area (Å²) in [6.07, 6.45) is 5.57. The summed E-state index contributed by atoms with van der Waals surface area (Å²) in [6.45, 7) is 8.71. The number of nitrogens with zero attached hydrogens (tertiary/aromatic N) is 2. The zero-order valence-corrected chi connectivity index (χ0v) is 13.1. The zero-order valence-electron chi connectivity index (χ0n) is 12.3. The molecule has 2 saturated carbocycles. The van der Waals surface area contributed by atoms with Crippen LogP contribution in [0.2, 0.25) is 0 Å². The Kier molecular flexibility index (Phi) is 3.56. The monoisotopic (exact) mass is 279 g/mol. The van der Waals surface area contributed by atoms with Gasteiger partial charge in [-0.3, -0.25) is 0 Å². The first-order valence-corrected chi connectivity index (χ1v) is 8.35. The van der Waals surface area contributed by atoms with Crippen molar-refractivity contribution in [1.82, 2.24) is 10.3 Å². The van der Waals surface area contributed by atoms with E-state index in [9.17, 15) is 0 Å². The van der Waals surface area contributed by atoms with E-state index >= 15 is 0 Å². The molecule has 2 aliphatic carbocycles. The van der Waals surface area contributed by atoms with Crippen LogP contribution >= 0.6 is 11.3 Å². The van der Waals surface area contributed by atoms with Crippen molar-refractivity contribution in [2.24, 2.45) is 5.92 Å². The Morgan fingerprint density at radius 2 is 2.05 bits per heavy atom. The molecule has 3 rings (SSSR count). The number of nitrogens with one attached hydrogen (secondary N) is 1. The van der Waals surface area contributed by atoms with Gasteiger partial charge >= 0.3 is 0 Å². The normalized spacial score (nSPS) is 19.7. The molecule has 2 aliphatic rings. The molecule has 0 aliphatic heterocycles. The number of hydrogen-bond donors (Lipinski definition) is 1. The largest absolute Gasteiger partial charge is 0.345 e. The second kappa shape index (κ2) is 5.06. The fraction of sp³-hybridized carbons (Fsp3) is 0.800. The number of aromatic nitrogens is 1. The van der Waals surface area contributed by atoms with E-state index in [0.717, 1.165) is 18.5 Å². The third-order valence-electron chi connectivity index (χ3n) is 3.72. The van der Waals surface area contributed by atoms with Crippen molar-refractivity contribution in [2.75, 3.05) is 11.4 Å². The summed E-state index contributed by atoms with van der Waals surface area (Å²) in [4.78, 5) is 7.41. The fourth-order valence-electron chi connectivity index (χ4n) is 2.21. The molecule has 0 saturated heterocycles. The maximum Gasteiger partial charge on any atom is 0.185 e. The van der Waals surface area contributed by atoms with Crippen LogP contribution in [0.25, 0.3) is 0 Å². The predicted molar refractivity (Wildman–Crippen MR) is 81.8 cm³/mol. The molecule has 4 heteroatoms. The van der Waals surface area contributed by atoms with E-state index in [0.29, 0.717) is 0 Å². The van der Waals surface area contributed by atoms with E-state index < -0.39 is 0 Å². The Labute approximate surface area is 120 Å². The molecule has 0 aromatic carbocycles. The molecule has 0 unspecified atom stereocenters. The Morgan fingerprint density at radius 1 is 1.32 bits per heavy atom. The maximum absolute atomic E-state index is 4.84. The minimum absolute atomic E-state index is 0.161. The summed E-state index contributed by atoms with van der Waals surface area (Å²) in [5, 5.41) is 6.98. The van der Waals surface area contributed by atoms with E-state index in [4.69, 9.17) is 4.98 Å². The van der Waals surface area contributed by atoms with Gasteiger partial charge in [-0.05, 0) is 52.4 Å². The van der Waals surface area contributed by atoms with Gasteiger partial charge in [0.2, 0.25) is 0 Å². The van der Waals surface area contributed by atoms with Crippen LogP contribution in [-0.4, -0.2) is 23.1 Å². The maximum atomic E-state index is 4.84. The standard InChI is InChI=1S/C15H25N3S/c1-15(2,3)16-8-12-10-19-14(17-12)18(13-6-7-13)9-11-4-5-11/h10-11,13,16H,4-9H2,1-3H3. The van der Waals surface area contributed by atoms with Crippen LogP contribution in [0.5, 0.6) is 0 Å². The molecule has 1 aromatic heterocycles. The van der Waals surface area contributed by atoms with E-state index in [-0.39, 0.29) is 5.54 Å². The van der Waals surface area contributed by atoms with Crippen LogP contribution in [-0.2, 0) is 6.54 Å². The molecule has 1 heterocycles. The SMILES string of the molecule is CC(C)(C)NCc1csc(N(CC2CC2)C2CC2)n1. The Balaban J connectivity index is 1.61. The van der Waals surface area contributed by atoms with Gasteiger partial charge in [-0.2, -0.15) is 0 Å². The first-order valence-electron chi connectivity index (χ1n) is 7.47. The van der Waals surface area contributed by atoms with Gasteiger partial charge in [-0.25, -0.2) is 4.98 Å². The van der Waals surface area contributed by atoms with Crippen LogP contribution in [0.3, 0.4) is 0 Å². The molecule has 0 bridgehead atoms. The van der Waals surface area contributed by atoms with Crippen molar-refractivity contribution in [2.45, 2.75) is 64.6 Å². The molecule has 106 valence electrons. The van der Waals surface area contributed by atoms with Gasteiger partial charge in [0.15, 0.2) is 5.13 Å². The highest BCUT2D eigenvalue weighted by Gasteiger charge is 2.35. The van der Waals surface area contributed by atoms with Gasteiger partial charge in [-0.1, -0.05) is 0 Å². The van der Waals surface area contributed by atoms with Crippen molar-refractivity contribution < 1.29 is 0 Å². The Morgan fingerprint density at radius 3 is 2.63 bits per heavy atom. The molecule has 1 N–H and O–H groups in total. The summed E-state index contributed by atoms with van der Waals surface area (Å²) < 4.78 is 0. The van der Waals surface area contributed by atoms with Crippen LogP contribution in [0.4, 0.5) is 5.13 Å². The van der Waals surface area contributed by atoms with Gasteiger partial charge in [0.25, 0.3) is 0 Å². The molecule has 1 aromatic rings. The van der Waals surface area contributed by atoms with E-state index in [1.807, 2.05) is 11.3 Å². The molecule has 0 spiro atoms. The zero-order chi connectivity index (χ0) is 13.5. The summed E-state index contributed by atoms with van der Waals surface area (Å²) in [7, 11) is 0. The lowest BCUT2D eigenvalue weighted by atomic mass is 10.1. The second-order valence-corrected chi connectivity index (χ2v) is 7.89. The molecule has 3 nitrogen and oxygen atoms in total. The highest BCUT2D eigenvalue weighted by molar-refractivity contribution is 7.13. The highest BCUT2D eigenvalue weighted by atomic mass is 32.1. The Hall–Kier alpha value is -0.610. The van der Waals surface area contributed by atoms with Crippen molar-refractivity contribution >= 4 is 16.5 Å². The molecular weight excluding hydrogens is 254 g/mol. The number of thiazole rings is 1. The highest BCUT2D eigenvalue weighted by Crippen LogP contribution is 2.38. The van der Waals surface area contributed by atoms with Crippen LogP contribution in [0, 0.1) is 5.92 Å². The summed E-state index contributed by atoms with van der Waals surface area (Å²) in [6, 6.07) is 0.787. The predicted octanol–water partition coefficient (Wildman–Crippen LogP) is 3.41. The van der Waals surface area contributed by atoms with E-state index in [2.05, 4.69) is 36.4 Å². The van der Waals surface area contributed by atoms with Crippen molar-refractivity contribution in [3.05, 3.63) is 11.1 Å². The van der Waals surface area contributed by atoms with Gasteiger partial charge < -0.3 is 10.2 Å². The lowest BCUT2D eigenvalue weighted by Crippen LogP contribution is -2.35. The first-order chi connectivity index (χ1) is 9.01. The molecule has 0 amide bonds. The summed E-state index contributed by atoms with van der Waals surface area (Å²) in [5.74, 6) is 0.945. The van der Waals surface area contributed by atoms with Crippen molar-refractivity contribution in [3.63, 3.8) is 0 Å². The number of hydrogen-bond acceptors (Lipinski definition) is 4. The Bertz CT molecular complexity index is 427. The fourth-order valence-corrected chi connectivity index (χ4v) is 3.12. The minimum atomic E-state index is 0.161. The molecule has 2 fully saturated rings. The van der Waals surface area contributed by atoms with Crippen molar-refractivity contribution in [3.8, 4) is 0 Å². The number of rotatable bonds is 6. The number of anilines is 1. The minimum Gasteiger partial charge on any atom is -0.345 e. The smallest absolute Gasteiger partial charge is 0.185 e. The average Bonchev–Trinajstić information content (AvgIpc) is 3.22. The van der Waals surface area contributed by atoms with Gasteiger partial charge in [-0.15, -0.1) is 11.3 Å². The van der Waals surface area contributed by atoms with Gasteiger partial charge in [0.05, 0.1) is 5.69 Å².